The number of carbonyl (C=O) groups excluding carboxylic acids is 1. The fourth-order valence-electron chi connectivity index (χ4n) is 2.09. The topological polar surface area (TPSA) is 50.4 Å². The van der Waals surface area contributed by atoms with Crippen molar-refractivity contribution in [3.05, 3.63) is 60.2 Å². The maximum atomic E-state index is 12.1. The Balaban J connectivity index is 1.97. The minimum Gasteiger partial charge on any atom is -0.491 e. The van der Waals surface area contributed by atoms with Crippen LogP contribution >= 0.6 is 0 Å². The number of urea groups is 1. The largest absolute Gasteiger partial charge is 0.491 e. The van der Waals surface area contributed by atoms with Gasteiger partial charge < -0.3 is 15.4 Å². The second-order valence-corrected chi connectivity index (χ2v) is 5.08. The van der Waals surface area contributed by atoms with Crippen molar-refractivity contribution in [3.63, 3.8) is 0 Å². The Labute approximate surface area is 131 Å². The summed E-state index contributed by atoms with van der Waals surface area (Å²) < 4.78 is 5.63. The van der Waals surface area contributed by atoms with Crippen LogP contribution in [0.4, 0.5) is 10.5 Å². The van der Waals surface area contributed by atoms with Crippen LogP contribution < -0.4 is 15.4 Å². The summed E-state index contributed by atoms with van der Waals surface area (Å²) in [5, 5.41) is 5.77. The van der Waals surface area contributed by atoms with E-state index in [4.69, 9.17) is 4.74 Å². The van der Waals surface area contributed by atoms with E-state index >= 15 is 0 Å². The number of hydrogen-bond acceptors (Lipinski definition) is 2. The SMILES string of the molecule is CCCOc1ccccc1NC(=O)NC(C)c1ccccc1. The highest BCUT2D eigenvalue weighted by Gasteiger charge is 2.11. The summed E-state index contributed by atoms with van der Waals surface area (Å²) in [4.78, 5) is 12.1. The average Bonchev–Trinajstić information content (AvgIpc) is 2.54. The minimum absolute atomic E-state index is 0.0649. The highest BCUT2D eigenvalue weighted by atomic mass is 16.5. The smallest absolute Gasteiger partial charge is 0.319 e. The van der Waals surface area contributed by atoms with Crippen molar-refractivity contribution < 1.29 is 9.53 Å². The zero-order valence-electron chi connectivity index (χ0n) is 13.0. The molecule has 0 spiro atoms. The van der Waals surface area contributed by atoms with Gasteiger partial charge in [0.1, 0.15) is 5.75 Å². The molecular formula is C18H22N2O2. The molecule has 0 aliphatic carbocycles. The molecule has 116 valence electrons. The molecule has 4 nitrogen and oxygen atoms in total. The van der Waals surface area contributed by atoms with Crippen LogP contribution in [0.25, 0.3) is 0 Å². The van der Waals surface area contributed by atoms with Gasteiger partial charge in [-0.3, -0.25) is 0 Å². The number of ether oxygens (including phenoxy) is 1. The molecule has 2 N–H and O–H groups in total. The predicted molar refractivity (Wildman–Crippen MR) is 89.2 cm³/mol. The van der Waals surface area contributed by atoms with E-state index < -0.39 is 0 Å². The Bertz CT molecular complexity index is 599. The number of nitrogens with one attached hydrogen (secondary N) is 2. The van der Waals surface area contributed by atoms with Gasteiger partial charge in [-0.1, -0.05) is 49.4 Å². The molecule has 2 aromatic carbocycles. The summed E-state index contributed by atoms with van der Waals surface area (Å²) in [5.41, 5.74) is 1.74. The highest BCUT2D eigenvalue weighted by molar-refractivity contribution is 5.91. The molecule has 0 radical (unpaired) electrons. The van der Waals surface area contributed by atoms with E-state index in [2.05, 4.69) is 10.6 Å². The predicted octanol–water partition coefficient (Wildman–Crippen LogP) is 4.36. The van der Waals surface area contributed by atoms with E-state index in [1.807, 2.05) is 68.4 Å². The van der Waals surface area contributed by atoms with Crippen LogP contribution in [0.15, 0.2) is 54.6 Å². The lowest BCUT2D eigenvalue weighted by atomic mass is 10.1. The number of rotatable bonds is 6. The molecule has 0 aliphatic heterocycles. The van der Waals surface area contributed by atoms with Gasteiger partial charge in [0, 0.05) is 0 Å². The lowest BCUT2D eigenvalue weighted by molar-refractivity contribution is 0.249. The van der Waals surface area contributed by atoms with Gasteiger partial charge >= 0.3 is 6.03 Å². The van der Waals surface area contributed by atoms with Crippen LogP contribution in [-0.4, -0.2) is 12.6 Å². The number of benzene rings is 2. The van der Waals surface area contributed by atoms with Crippen molar-refractivity contribution in [3.8, 4) is 5.75 Å². The maximum absolute atomic E-state index is 12.1. The van der Waals surface area contributed by atoms with E-state index in [0.717, 1.165) is 12.0 Å². The summed E-state index contributed by atoms with van der Waals surface area (Å²) in [5.74, 6) is 0.687. The molecule has 0 fully saturated rings. The quantitative estimate of drug-likeness (QED) is 0.832. The molecule has 1 unspecified atom stereocenters. The highest BCUT2D eigenvalue weighted by Crippen LogP contribution is 2.24. The first kappa shape index (κ1) is 15.9. The van der Waals surface area contributed by atoms with E-state index in [1.165, 1.54) is 0 Å². The molecule has 0 aliphatic rings. The molecule has 0 saturated heterocycles. The molecule has 0 heterocycles. The number of hydrogen-bond donors (Lipinski definition) is 2. The number of amides is 2. The molecule has 2 amide bonds. The first-order valence-electron chi connectivity index (χ1n) is 7.55. The monoisotopic (exact) mass is 298 g/mol. The van der Waals surface area contributed by atoms with Gasteiger partial charge in [-0.25, -0.2) is 4.79 Å². The van der Waals surface area contributed by atoms with Gasteiger partial charge in [-0.2, -0.15) is 0 Å². The van der Waals surface area contributed by atoms with Crippen LogP contribution in [-0.2, 0) is 0 Å². The normalized spacial score (nSPS) is 11.5. The van der Waals surface area contributed by atoms with Crippen LogP contribution in [0.2, 0.25) is 0 Å². The molecular weight excluding hydrogens is 276 g/mol. The van der Waals surface area contributed by atoms with Crippen LogP contribution in [0, 0.1) is 0 Å². The molecule has 2 rings (SSSR count). The first-order valence-corrected chi connectivity index (χ1v) is 7.55. The Kier molecular flexibility index (Phi) is 5.83. The molecule has 22 heavy (non-hydrogen) atoms. The Morgan fingerprint density at radius 2 is 1.77 bits per heavy atom. The Morgan fingerprint density at radius 1 is 1.09 bits per heavy atom. The maximum Gasteiger partial charge on any atom is 0.319 e. The minimum atomic E-state index is -0.246. The summed E-state index contributed by atoms with van der Waals surface area (Å²) in [7, 11) is 0. The number of anilines is 1. The van der Waals surface area contributed by atoms with Gasteiger partial charge in [0.2, 0.25) is 0 Å². The molecule has 4 heteroatoms. The van der Waals surface area contributed by atoms with Crippen LogP contribution in [0.1, 0.15) is 31.9 Å². The summed E-state index contributed by atoms with van der Waals surface area (Å²) in [6.45, 7) is 4.62. The molecule has 1 atom stereocenters. The zero-order valence-corrected chi connectivity index (χ0v) is 13.0. The standard InChI is InChI=1S/C18H22N2O2/c1-3-13-22-17-12-8-7-11-16(17)20-18(21)19-14(2)15-9-5-4-6-10-15/h4-12,14H,3,13H2,1-2H3,(H2,19,20,21). The van der Waals surface area contributed by atoms with Gasteiger partial charge in [0.15, 0.2) is 0 Å². The number of para-hydroxylation sites is 2. The van der Waals surface area contributed by atoms with Gasteiger partial charge in [-0.05, 0) is 31.0 Å². The van der Waals surface area contributed by atoms with Crippen molar-refractivity contribution in [1.82, 2.24) is 5.32 Å². The lowest BCUT2D eigenvalue weighted by Crippen LogP contribution is -2.31. The fourth-order valence-corrected chi connectivity index (χ4v) is 2.09. The Hall–Kier alpha value is -2.49. The Morgan fingerprint density at radius 3 is 2.50 bits per heavy atom. The molecule has 2 aromatic rings. The van der Waals surface area contributed by atoms with E-state index in [-0.39, 0.29) is 12.1 Å². The van der Waals surface area contributed by atoms with Gasteiger partial charge in [0.05, 0.1) is 18.3 Å². The zero-order chi connectivity index (χ0) is 15.8. The first-order chi connectivity index (χ1) is 10.7. The fraction of sp³-hybridized carbons (Fsp3) is 0.278. The molecule has 0 aromatic heterocycles. The van der Waals surface area contributed by atoms with Crippen molar-refractivity contribution in [2.45, 2.75) is 26.3 Å². The van der Waals surface area contributed by atoms with Gasteiger partial charge in [0.25, 0.3) is 0 Å². The third-order valence-corrected chi connectivity index (χ3v) is 3.24. The summed E-state index contributed by atoms with van der Waals surface area (Å²) in [6, 6.07) is 17.0. The van der Waals surface area contributed by atoms with E-state index in [0.29, 0.717) is 18.0 Å². The third-order valence-electron chi connectivity index (χ3n) is 3.24. The van der Waals surface area contributed by atoms with Gasteiger partial charge in [-0.15, -0.1) is 0 Å². The van der Waals surface area contributed by atoms with Crippen molar-refractivity contribution in [2.75, 3.05) is 11.9 Å². The second kappa shape index (κ2) is 8.08. The van der Waals surface area contributed by atoms with Crippen molar-refractivity contribution in [2.24, 2.45) is 0 Å². The van der Waals surface area contributed by atoms with E-state index in [9.17, 15) is 4.79 Å². The second-order valence-electron chi connectivity index (χ2n) is 5.08. The lowest BCUT2D eigenvalue weighted by Gasteiger charge is -2.16. The summed E-state index contributed by atoms with van der Waals surface area (Å²) >= 11 is 0. The van der Waals surface area contributed by atoms with E-state index in [1.54, 1.807) is 0 Å². The molecule has 0 bridgehead atoms. The molecule has 0 saturated carbocycles. The van der Waals surface area contributed by atoms with Crippen molar-refractivity contribution >= 4 is 11.7 Å². The third kappa shape index (κ3) is 4.52. The van der Waals surface area contributed by atoms with Crippen LogP contribution in [0.5, 0.6) is 5.75 Å². The van der Waals surface area contributed by atoms with Crippen molar-refractivity contribution in [1.29, 1.82) is 0 Å². The van der Waals surface area contributed by atoms with Crippen LogP contribution in [0.3, 0.4) is 0 Å². The average molecular weight is 298 g/mol. The number of carbonyl (C=O) groups is 1. The summed E-state index contributed by atoms with van der Waals surface area (Å²) in [6.07, 6.45) is 0.922.